The quantitative estimate of drug-likeness (QED) is 0.845. The molecule has 0 spiro atoms. The van der Waals surface area contributed by atoms with Gasteiger partial charge in [-0.15, -0.1) is 0 Å². The molecule has 2 aliphatic rings. The second kappa shape index (κ2) is 5.85. The fourth-order valence-corrected chi connectivity index (χ4v) is 3.36. The third kappa shape index (κ3) is 2.65. The highest BCUT2D eigenvalue weighted by atomic mass is 16.2. The third-order valence-electron chi connectivity index (χ3n) is 4.46. The highest BCUT2D eigenvalue weighted by molar-refractivity contribution is 5.99. The summed E-state index contributed by atoms with van der Waals surface area (Å²) in [6.07, 6.45) is 3.42. The smallest absolute Gasteiger partial charge is 0.254 e. The van der Waals surface area contributed by atoms with E-state index in [2.05, 4.69) is 11.4 Å². The molecule has 1 fully saturated rings. The standard InChI is InChI=1S/C16H21N3O2/c17-15(20)14-6-1-2-9-19(14)16(21)13-5-3-4-11-10-18-8-7-12(11)13/h3-5,14,18H,1-2,6-10H2,(H2,17,20). The number of benzene rings is 1. The summed E-state index contributed by atoms with van der Waals surface area (Å²) in [6, 6.07) is 5.39. The molecule has 1 aromatic rings. The molecule has 5 heteroatoms. The lowest BCUT2D eigenvalue weighted by molar-refractivity contribution is -0.123. The largest absolute Gasteiger partial charge is 0.368 e. The number of piperidine rings is 1. The molecule has 0 aromatic heterocycles. The zero-order valence-electron chi connectivity index (χ0n) is 12.1. The summed E-state index contributed by atoms with van der Waals surface area (Å²) in [4.78, 5) is 26.2. The molecular formula is C16H21N3O2. The van der Waals surface area contributed by atoms with Crippen molar-refractivity contribution in [2.24, 2.45) is 5.73 Å². The number of nitrogens with two attached hydrogens (primary N) is 1. The number of nitrogens with one attached hydrogen (secondary N) is 1. The minimum atomic E-state index is -0.455. The van der Waals surface area contributed by atoms with E-state index in [1.165, 1.54) is 5.56 Å². The van der Waals surface area contributed by atoms with Crippen LogP contribution in [-0.2, 0) is 17.8 Å². The maximum atomic E-state index is 12.9. The highest BCUT2D eigenvalue weighted by Crippen LogP contribution is 2.24. The van der Waals surface area contributed by atoms with Crippen LogP contribution in [-0.4, -0.2) is 35.8 Å². The SMILES string of the molecule is NC(=O)C1CCCCN1C(=O)c1cccc2c1CCNC2. The van der Waals surface area contributed by atoms with Gasteiger partial charge in [-0.1, -0.05) is 12.1 Å². The van der Waals surface area contributed by atoms with Crippen LogP contribution in [0.25, 0.3) is 0 Å². The van der Waals surface area contributed by atoms with E-state index in [9.17, 15) is 9.59 Å². The van der Waals surface area contributed by atoms with Gasteiger partial charge in [-0.3, -0.25) is 9.59 Å². The number of amides is 2. The van der Waals surface area contributed by atoms with Gasteiger partial charge in [0.05, 0.1) is 0 Å². The second-order valence-corrected chi connectivity index (χ2v) is 5.78. The van der Waals surface area contributed by atoms with Gasteiger partial charge in [-0.05, 0) is 49.4 Å². The summed E-state index contributed by atoms with van der Waals surface area (Å²) in [5.74, 6) is -0.438. The van der Waals surface area contributed by atoms with Gasteiger partial charge in [0, 0.05) is 18.7 Å². The van der Waals surface area contributed by atoms with Crippen molar-refractivity contribution in [2.45, 2.75) is 38.3 Å². The molecule has 1 atom stereocenters. The zero-order chi connectivity index (χ0) is 14.8. The van der Waals surface area contributed by atoms with Crippen molar-refractivity contribution in [2.75, 3.05) is 13.1 Å². The number of carbonyl (C=O) groups excluding carboxylic acids is 2. The van der Waals surface area contributed by atoms with E-state index in [0.717, 1.165) is 43.5 Å². The summed E-state index contributed by atoms with van der Waals surface area (Å²) < 4.78 is 0. The minimum Gasteiger partial charge on any atom is -0.368 e. The first-order valence-corrected chi connectivity index (χ1v) is 7.60. The molecular weight excluding hydrogens is 266 g/mol. The molecule has 2 aliphatic heterocycles. The molecule has 112 valence electrons. The van der Waals surface area contributed by atoms with Crippen LogP contribution in [0.1, 0.15) is 40.7 Å². The Morgan fingerprint density at radius 2 is 2.14 bits per heavy atom. The number of hydrogen-bond acceptors (Lipinski definition) is 3. The van der Waals surface area contributed by atoms with Crippen molar-refractivity contribution in [3.8, 4) is 0 Å². The molecule has 0 bridgehead atoms. The maximum absolute atomic E-state index is 12.9. The predicted octanol–water partition coefficient (Wildman–Crippen LogP) is 0.812. The van der Waals surface area contributed by atoms with Gasteiger partial charge in [0.2, 0.25) is 5.91 Å². The normalized spacial score (nSPS) is 21.7. The summed E-state index contributed by atoms with van der Waals surface area (Å²) >= 11 is 0. The number of carbonyl (C=O) groups is 2. The molecule has 21 heavy (non-hydrogen) atoms. The van der Waals surface area contributed by atoms with E-state index in [1.54, 1.807) is 4.90 Å². The maximum Gasteiger partial charge on any atom is 0.254 e. The summed E-state index contributed by atoms with van der Waals surface area (Å²) in [6.45, 7) is 2.31. The second-order valence-electron chi connectivity index (χ2n) is 5.78. The van der Waals surface area contributed by atoms with E-state index >= 15 is 0 Å². The molecule has 0 saturated carbocycles. The number of rotatable bonds is 2. The molecule has 2 amide bonds. The minimum absolute atomic E-state index is 0.0442. The van der Waals surface area contributed by atoms with Gasteiger partial charge in [-0.25, -0.2) is 0 Å². The fourth-order valence-electron chi connectivity index (χ4n) is 3.36. The van der Waals surface area contributed by atoms with E-state index in [1.807, 2.05) is 12.1 Å². The van der Waals surface area contributed by atoms with Crippen LogP contribution in [0.15, 0.2) is 18.2 Å². The molecule has 2 heterocycles. The first kappa shape index (κ1) is 14.1. The molecule has 0 aliphatic carbocycles. The van der Waals surface area contributed by atoms with Crippen LogP contribution in [0.3, 0.4) is 0 Å². The topological polar surface area (TPSA) is 75.4 Å². The fraction of sp³-hybridized carbons (Fsp3) is 0.500. The highest BCUT2D eigenvalue weighted by Gasteiger charge is 2.32. The first-order valence-electron chi connectivity index (χ1n) is 7.60. The average molecular weight is 287 g/mol. The Labute approximate surface area is 124 Å². The van der Waals surface area contributed by atoms with Crippen LogP contribution in [0.5, 0.6) is 0 Å². The Morgan fingerprint density at radius 1 is 1.29 bits per heavy atom. The Kier molecular flexibility index (Phi) is 3.92. The van der Waals surface area contributed by atoms with Crippen LogP contribution < -0.4 is 11.1 Å². The Hall–Kier alpha value is -1.88. The van der Waals surface area contributed by atoms with E-state index < -0.39 is 11.9 Å². The van der Waals surface area contributed by atoms with Crippen molar-refractivity contribution in [3.05, 3.63) is 34.9 Å². The molecule has 0 radical (unpaired) electrons. The summed E-state index contributed by atoms with van der Waals surface area (Å²) in [5.41, 5.74) is 8.51. The molecule has 5 nitrogen and oxygen atoms in total. The average Bonchev–Trinajstić information content (AvgIpc) is 2.53. The van der Waals surface area contributed by atoms with Crippen LogP contribution in [0, 0.1) is 0 Å². The van der Waals surface area contributed by atoms with Crippen molar-refractivity contribution in [1.29, 1.82) is 0 Å². The Morgan fingerprint density at radius 3 is 2.95 bits per heavy atom. The summed E-state index contributed by atoms with van der Waals surface area (Å²) in [7, 11) is 0. The lowest BCUT2D eigenvalue weighted by Gasteiger charge is -2.34. The first-order chi connectivity index (χ1) is 10.2. The van der Waals surface area contributed by atoms with Gasteiger partial charge in [-0.2, -0.15) is 0 Å². The van der Waals surface area contributed by atoms with E-state index in [0.29, 0.717) is 13.0 Å². The molecule has 3 N–H and O–H groups in total. The number of primary amides is 1. The van der Waals surface area contributed by atoms with Crippen LogP contribution in [0.4, 0.5) is 0 Å². The van der Waals surface area contributed by atoms with Gasteiger partial charge < -0.3 is 16.0 Å². The number of hydrogen-bond donors (Lipinski definition) is 2. The lowest BCUT2D eigenvalue weighted by atomic mass is 9.93. The summed E-state index contributed by atoms with van der Waals surface area (Å²) in [5, 5.41) is 3.31. The number of fused-ring (bicyclic) bond motifs is 1. The van der Waals surface area contributed by atoms with E-state index in [-0.39, 0.29) is 5.91 Å². The van der Waals surface area contributed by atoms with Gasteiger partial charge in [0.15, 0.2) is 0 Å². The molecule has 1 saturated heterocycles. The van der Waals surface area contributed by atoms with Gasteiger partial charge in [0.1, 0.15) is 6.04 Å². The third-order valence-corrected chi connectivity index (χ3v) is 4.46. The van der Waals surface area contributed by atoms with Crippen molar-refractivity contribution in [3.63, 3.8) is 0 Å². The van der Waals surface area contributed by atoms with Gasteiger partial charge >= 0.3 is 0 Å². The zero-order valence-corrected chi connectivity index (χ0v) is 12.1. The van der Waals surface area contributed by atoms with Crippen LogP contribution in [0.2, 0.25) is 0 Å². The number of likely N-dealkylation sites (tertiary alicyclic amines) is 1. The lowest BCUT2D eigenvalue weighted by Crippen LogP contribution is -2.50. The van der Waals surface area contributed by atoms with Crippen molar-refractivity contribution in [1.82, 2.24) is 10.2 Å². The van der Waals surface area contributed by atoms with Crippen molar-refractivity contribution >= 4 is 11.8 Å². The van der Waals surface area contributed by atoms with Crippen LogP contribution >= 0.6 is 0 Å². The molecule has 1 unspecified atom stereocenters. The molecule has 1 aromatic carbocycles. The Balaban J connectivity index is 1.92. The molecule has 3 rings (SSSR count). The monoisotopic (exact) mass is 287 g/mol. The predicted molar refractivity (Wildman–Crippen MR) is 79.7 cm³/mol. The van der Waals surface area contributed by atoms with Crippen molar-refractivity contribution < 1.29 is 9.59 Å². The number of nitrogens with zero attached hydrogens (tertiary/aromatic N) is 1. The van der Waals surface area contributed by atoms with E-state index in [4.69, 9.17) is 5.73 Å². The van der Waals surface area contributed by atoms with Gasteiger partial charge in [0.25, 0.3) is 5.91 Å². The Bertz CT molecular complexity index is 571.